The van der Waals surface area contributed by atoms with Gasteiger partial charge in [-0.2, -0.15) is 0 Å². The SMILES string of the molecule is Cn1cncc1-c1cncc(CC2CCN(CCO)C2)n1. The molecule has 0 spiro atoms. The molecule has 0 aliphatic carbocycles. The van der Waals surface area contributed by atoms with Gasteiger partial charge in [0, 0.05) is 26.3 Å². The maximum atomic E-state index is 9.00. The van der Waals surface area contributed by atoms with Crippen LogP contribution in [0, 0.1) is 5.92 Å². The summed E-state index contributed by atoms with van der Waals surface area (Å²) in [7, 11) is 1.96. The molecule has 2 aromatic heterocycles. The van der Waals surface area contributed by atoms with Crippen molar-refractivity contribution in [2.45, 2.75) is 12.8 Å². The van der Waals surface area contributed by atoms with Gasteiger partial charge in [-0.25, -0.2) is 9.97 Å². The van der Waals surface area contributed by atoms with Crippen molar-refractivity contribution >= 4 is 0 Å². The number of imidazole rings is 1. The van der Waals surface area contributed by atoms with E-state index in [4.69, 9.17) is 10.1 Å². The Bertz CT molecular complexity index is 597. The van der Waals surface area contributed by atoms with E-state index < -0.39 is 0 Å². The summed E-state index contributed by atoms with van der Waals surface area (Å²) >= 11 is 0. The molecule has 0 bridgehead atoms. The zero-order chi connectivity index (χ0) is 14.7. The van der Waals surface area contributed by atoms with Gasteiger partial charge >= 0.3 is 0 Å². The van der Waals surface area contributed by atoms with E-state index in [-0.39, 0.29) is 6.61 Å². The fraction of sp³-hybridized carbons (Fsp3) is 0.533. The van der Waals surface area contributed by atoms with Crippen LogP contribution in [0.25, 0.3) is 11.4 Å². The number of aromatic nitrogens is 4. The number of aliphatic hydroxyl groups is 1. The average molecular weight is 287 g/mol. The quantitative estimate of drug-likeness (QED) is 0.878. The van der Waals surface area contributed by atoms with E-state index in [0.717, 1.165) is 49.6 Å². The van der Waals surface area contributed by atoms with Crippen LogP contribution in [-0.4, -0.2) is 55.8 Å². The van der Waals surface area contributed by atoms with E-state index in [1.807, 2.05) is 24.0 Å². The molecule has 2 aromatic rings. The maximum Gasteiger partial charge on any atom is 0.107 e. The van der Waals surface area contributed by atoms with Crippen molar-refractivity contribution < 1.29 is 5.11 Å². The third-order valence-corrected chi connectivity index (χ3v) is 4.05. The Morgan fingerprint density at radius 2 is 2.19 bits per heavy atom. The lowest BCUT2D eigenvalue weighted by atomic mass is 10.0. The highest BCUT2D eigenvalue weighted by molar-refractivity contribution is 5.52. The van der Waals surface area contributed by atoms with Crippen LogP contribution in [0.5, 0.6) is 0 Å². The van der Waals surface area contributed by atoms with Crippen molar-refractivity contribution in [1.29, 1.82) is 0 Å². The van der Waals surface area contributed by atoms with Gasteiger partial charge in [0.05, 0.1) is 36.7 Å². The Kier molecular flexibility index (Phi) is 4.26. The van der Waals surface area contributed by atoms with Crippen LogP contribution in [-0.2, 0) is 13.5 Å². The first-order chi connectivity index (χ1) is 10.3. The summed E-state index contributed by atoms with van der Waals surface area (Å²) in [4.78, 5) is 15.5. The zero-order valence-electron chi connectivity index (χ0n) is 12.3. The number of aliphatic hydroxyl groups excluding tert-OH is 1. The van der Waals surface area contributed by atoms with Gasteiger partial charge < -0.3 is 14.6 Å². The Morgan fingerprint density at radius 3 is 2.95 bits per heavy atom. The third kappa shape index (κ3) is 3.28. The number of likely N-dealkylation sites (tertiary alicyclic amines) is 1. The van der Waals surface area contributed by atoms with Crippen LogP contribution < -0.4 is 0 Å². The second kappa shape index (κ2) is 6.32. The van der Waals surface area contributed by atoms with E-state index >= 15 is 0 Å². The first kappa shape index (κ1) is 14.2. The number of hydrogen-bond acceptors (Lipinski definition) is 5. The molecule has 3 rings (SSSR count). The van der Waals surface area contributed by atoms with Crippen LogP contribution in [0.3, 0.4) is 0 Å². The van der Waals surface area contributed by atoms with Crippen molar-refractivity contribution in [3.8, 4) is 11.4 Å². The fourth-order valence-corrected chi connectivity index (χ4v) is 2.95. The molecule has 0 radical (unpaired) electrons. The number of β-amino-alcohol motifs (C(OH)–C–C–N with tert-alkyl or cyclic N) is 1. The van der Waals surface area contributed by atoms with Gasteiger partial charge in [-0.1, -0.05) is 0 Å². The molecule has 1 saturated heterocycles. The Morgan fingerprint density at radius 1 is 1.29 bits per heavy atom. The first-order valence-corrected chi connectivity index (χ1v) is 7.37. The van der Waals surface area contributed by atoms with Crippen LogP contribution >= 0.6 is 0 Å². The second-order valence-electron chi connectivity index (χ2n) is 5.67. The molecule has 0 saturated carbocycles. The maximum absolute atomic E-state index is 9.00. The summed E-state index contributed by atoms with van der Waals surface area (Å²) in [6.45, 7) is 3.12. The van der Waals surface area contributed by atoms with Gasteiger partial charge in [-0.3, -0.25) is 4.98 Å². The van der Waals surface area contributed by atoms with Crippen LogP contribution in [0.4, 0.5) is 0 Å². The minimum absolute atomic E-state index is 0.239. The van der Waals surface area contributed by atoms with E-state index in [9.17, 15) is 0 Å². The second-order valence-corrected chi connectivity index (χ2v) is 5.67. The van der Waals surface area contributed by atoms with Crippen LogP contribution in [0.15, 0.2) is 24.9 Å². The van der Waals surface area contributed by atoms with Crippen LogP contribution in [0.2, 0.25) is 0 Å². The number of rotatable bonds is 5. The summed E-state index contributed by atoms with van der Waals surface area (Å²) in [5.41, 5.74) is 2.89. The van der Waals surface area contributed by atoms with E-state index in [1.54, 1.807) is 12.5 Å². The summed E-state index contributed by atoms with van der Waals surface area (Å²) in [6.07, 6.45) is 9.33. The monoisotopic (exact) mass is 287 g/mol. The predicted molar refractivity (Wildman–Crippen MR) is 79.6 cm³/mol. The normalized spacial score (nSPS) is 19.2. The van der Waals surface area contributed by atoms with Gasteiger partial charge in [-0.15, -0.1) is 0 Å². The Labute approximate surface area is 124 Å². The first-order valence-electron chi connectivity index (χ1n) is 7.37. The number of aryl methyl sites for hydroxylation is 1. The lowest BCUT2D eigenvalue weighted by Gasteiger charge is -2.14. The zero-order valence-corrected chi connectivity index (χ0v) is 12.3. The molecule has 6 nitrogen and oxygen atoms in total. The molecule has 1 fully saturated rings. The van der Waals surface area contributed by atoms with Gasteiger partial charge in [0.1, 0.15) is 5.69 Å². The molecule has 0 aromatic carbocycles. The highest BCUT2D eigenvalue weighted by Gasteiger charge is 2.22. The van der Waals surface area contributed by atoms with E-state index in [0.29, 0.717) is 5.92 Å². The van der Waals surface area contributed by atoms with Gasteiger partial charge in [0.2, 0.25) is 0 Å². The predicted octanol–water partition coefficient (Wildman–Crippen LogP) is 0.734. The van der Waals surface area contributed by atoms with E-state index in [2.05, 4.69) is 14.9 Å². The van der Waals surface area contributed by atoms with E-state index in [1.165, 1.54) is 0 Å². The smallest absolute Gasteiger partial charge is 0.107 e. The molecule has 1 atom stereocenters. The molecule has 1 aliphatic rings. The molecular formula is C15H21N5O. The molecule has 0 amide bonds. The summed E-state index contributed by atoms with van der Waals surface area (Å²) < 4.78 is 1.95. The van der Waals surface area contributed by atoms with Crippen molar-refractivity contribution in [1.82, 2.24) is 24.4 Å². The van der Waals surface area contributed by atoms with Crippen molar-refractivity contribution in [3.63, 3.8) is 0 Å². The van der Waals surface area contributed by atoms with Crippen molar-refractivity contribution in [2.24, 2.45) is 13.0 Å². The Balaban J connectivity index is 1.68. The lowest BCUT2D eigenvalue weighted by molar-refractivity contribution is 0.217. The highest BCUT2D eigenvalue weighted by Crippen LogP contribution is 2.21. The minimum atomic E-state index is 0.239. The molecular weight excluding hydrogens is 266 g/mol. The largest absolute Gasteiger partial charge is 0.395 e. The van der Waals surface area contributed by atoms with Gasteiger partial charge in [0.15, 0.2) is 0 Å². The minimum Gasteiger partial charge on any atom is -0.395 e. The summed E-state index contributed by atoms with van der Waals surface area (Å²) in [5.74, 6) is 0.604. The standard InChI is InChI=1S/C15H21N5O/c1-19-11-17-9-15(19)14-8-16-7-13(18-14)6-12-2-3-20(10-12)4-5-21/h7-9,11-12,21H,2-6,10H2,1H3. The molecule has 1 N–H and O–H groups in total. The summed E-state index contributed by atoms with van der Waals surface area (Å²) in [6, 6.07) is 0. The molecule has 3 heterocycles. The lowest BCUT2D eigenvalue weighted by Crippen LogP contribution is -2.24. The van der Waals surface area contributed by atoms with Gasteiger partial charge in [0.25, 0.3) is 0 Å². The molecule has 6 heteroatoms. The van der Waals surface area contributed by atoms with Gasteiger partial charge in [-0.05, 0) is 25.3 Å². The highest BCUT2D eigenvalue weighted by atomic mass is 16.3. The van der Waals surface area contributed by atoms with Crippen molar-refractivity contribution in [2.75, 3.05) is 26.2 Å². The fourth-order valence-electron chi connectivity index (χ4n) is 2.95. The van der Waals surface area contributed by atoms with Crippen LogP contribution in [0.1, 0.15) is 12.1 Å². The third-order valence-electron chi connectivity index (χ3n) is 4.05. The number of nitrogens with zero attached hydrogens (tertiary/aromatic N) is 5. The summed E-state index contributed by atoms with van der Waals surface area (Å²) in [5, 5.41) is 9.00. The molecule has 21 heavy (non-hydrogen) atoms. The number of hydrogen-bond donors (Lipinski definition) is 1. The molecule has 1 aliphatic heterocycles. The molecule has 112 valence electrons. The average Bonchev–Trinajstić information content (AvgIpc) is 3.09. The Hall–Kier alpha value is -1.79. The topological polar surface area (TPSA) is 67.1 Å². The van der Waals surface area contributed by atoms with Crippen molar-refractivity contribution in [3.05, 3.63) is 30.6 Å². The molecule has 1 unspecified atom stereocenters.